The molecule has 1 fully saturated rings. The van der Waals surface area contributed by atoms with Gasteiger partial charge in [0.05, 0.1) is 11.8 Å². The lowest BCUT2D eigenvalue weighted by Gasteiger charge is -2.26. The molecule has 6 nitrogen and oxygen atoms in total. The van der Waals surface area contributed by atoms with Crippen molar-refractivity contribution in [1.82, 2.24) is 4.90 Å². The van der Waals surface area contributed by atoms with Gasteiger partial charge in [0.2, 0.25) is 11.8 Å². The van der Waals surface area contributed by atoms with Crippen molar-refractivity contribution in [1.29, 1.82) is 0 Å². The standard InChI is InChI=1S/C24H29NO5/c1-4-16-9-11-17(12-10-16)21(26)14-30-24(29)20(13-15(2)3)25-22(27)18-7-5-6-8-19(18)23(25)28/h5-6,9-12,15,18-20H,4,7-8,13-14H2,1-3H3. The minimum Gasteiger partial charge on any atom is -0.456 e. The Hall–Kier alpha value is -2.76. The highest BCUT2D eigenvalue weighted by Crippen LogP contribution is 2.37. The minimum absolute atomic E-state index is 0.0705. The SMILES string of the molecule is CCc1ccc(C(=O)COC(=O)C(CC(C)C)N2C(=O)C3CC=CCC3C2=O)cc1. The fraction of sp³-hybridized carbons (Fsp3) is 0.500. The zero-order valence-corrected chi connectivity index (χ0v) is 17.8. The maximum atomic E-state index is 12.9. The third kappa shape index (κ3) is 4.53. The van der Waals surface area contributed by atoms with Gasteiger partial charge in [0.15, 0.2) is 12.4 Å². The summed E-state index contributed by atoms with van der Waals surface area (Å²) in [7, 11) is 0. The van der Waals surface area contributed by atoms with Crippen LogP contribution < -0.4 is 0 Å². The smallest absolute Gasteiger partial charge is 0.329 e. The van der Waals surface area contributed by atoms with Gasteiger partial charge in [-0.15, -0.1) is 0 Å². The van der Waals surface area contributed by atoms with Gasteiger partial charge in [-0.2, -0.15) is 0 Å². The molecular weight excluding hydrogens is 382 g/mol. The number of carbonyl (C=O) groups excluding carboxylic acids is 4. The molecule has 1 aliphatic carbocycles. The fourth-order valence-electron chi connectivity index (χ4n) is 4.13. The summed E-state index contributed by atoms with van der Waals surface area (Å²) >= 11 is 0. The molecule has 1 saturated heterocycles. The van der Waals surface area contributed by atoms with E-state index in [-0.39, 0.29) is 23.5 Å². The van der Waals surface area contributed by atoms with Crippen LogP contribution in [0.2, 0.25) is 0 Å². The van der Waals surface area contributed by atoms with E-state index in [2.05, 4.69) is 0 Å². The van der Waals surface area contributed by atoms with Gasteiger partial charge in [-0.05, 0) is 37.2 Å². The molecule has 30 heavy (non-hydrogen) atoms. The first-order chi connectivity index (χ1) is 14.3. The molecule has 160 valence electrons. The van der Waals surface area contributed by atoms with E-state index in [0.717, 1.165) is 16.9 Å². The molecule has 2 aliphatic rings. The highest BCUT2D eigenvalue weighted by Gasteiger charge is 2.51. The predicted octanol–water partition coefficient (Wildman–Crippen LogP) is 3.34. The number of rotatable bonds is 8. The Morgan fingerprint density at radius 1 is 1.03 bits per heavy atom. The third-order valence-electron chi connectivity index (χ3n) is 5.85. The summed E-state index contributed by atoms with van der Waals surface area (Å²) in [5, 5.41) is 0. The monoisotopic (exact) mass is 411 g/mol. The quantitative estimate of drug-likeness (QED) is 0.284. The van der Waals surface area contributed by atoms with Gasteiger partial charge in [0.25, 0.3) is 0 Å². The summed E-state index contributed by atoms with van der Waals surface area (Å²) in [4.78, 5) is 52.2. The zero-order chi connectivity index (χ0) is 21.8. The number of esters is 1. The molecule has 1 aromatic rings. The second kappa shape index (κ2) is 9.37. The van der Waals surface area contributed by atoms with Crippen molar-refractivity contribution >= 4 is 23.6 Å². The maximum absolute atomic E-state index is 12.9. The normalized spacial score (nSPS) is 21.7. The lowest BCUT2D eigenvalue weighted by Crippen LogP contribution is -2.47. The molecule has 0 saturated carbocycles. The summed E-state index contributed by atoms with van der Waals surface area (Å²) in [6, 6.07) is 6.17. The Labute approximate surface area is 177 Å². The number of aryl methyl sites for hydroxylation is 1. The van der Waals surface area contributed by atoms with Gasteiger partial charge in [0.1, 0.15) is 6.04 Å². The summed E-state index contributed by atoms with van der Waals surface area (Å²) < 4.78 is 5.29. The summed E-state index contributed by atoms with van der Waals surface area (Å²) in [6.07, 6.45) is 6.03. The summed E-state index contributed by atoms with van der Waals surface area (Å²) in [6.45, 7) is 5.45. The third-order valence-corrected chi connectivity index (χ3v) is 5.85. The fourth-order valence-corrected chi connectivity index (χ4v) is 4.13. The number of likely N-dealkylation sites (tertiary alicyclic amines) is 1. The Balaban J connectivity index is 1.70. The van der Waals surface area contributed by atoms with Crippen molar-refractivity contribution in [2.75, 3.05) is 6.61 Å². The largest absolute Gasteiger partial charge is 0.456 e. The molecule has 0 radical (unpaired) electrons. The van der Waals surface area contributed by atoms with Crippen LogP contribution in [0.5, 0.6) is 0 Å². The number of nitrogens with zero attached hydrogens (tertiary/aromatic N) is 1. The van der Waals surface area contributed by atoms with Crippen LogP contribution in [0.1, 0.15) is 56.0 Å². The molecule has 3 atom stereocenters. The van der Waals surface area contributed by atoms with Gasteiger partial charge in [0, 0.05) is 5.56 Å². The zero-order valence-electron chi connectivity index (χ0n) is 17.8. The molecule has 2 amide bonds. The summed E-state index contributed by atoms with van der Waals surface area (Å²) in [5.74, 6) is -2.35. The van der Waals surface area contributed by atoms with Crippen LogP contribution in [-0.2, 0) is 25.5 Å². The van der Waals surface area contributed by atoms with Gasteiger partial charge in [-0.1, -0.05) is 57.2 Å². The van der Waals surface area contributed by atoms with E-state index in [1.54, 1.807) is 12.1 Å². The van der Waals surface area contributed by atoms with Crippen LogP contribution in [0, 0.1) is 17.8 Å². The Bertz CT molecular complexity index is 829. The molecule has 1 aliphatic heterocycles. The maximum Gasteiger partial charge on any atom is 0.329 e. The Morgan fingerprint density at radius 3 is 2.10 bits per heavy atom. The van der Waals surface area contributed by atoms with E-state index in [1.165, 1.54) is 0 Å². The number of allylic oxidation sites excluding steroid dienone is 2. The number of amides is 2. The van der Waals surface area contributed by atoms with E-state index >= 15 is 0 Å². The average molecular weight is 411 g/mol. The first-order valence-corrected chi connectivity index (χ1v) is 10.6. The van der Waals surface area contributed by atoms with Crippen LogP contribution in [0.15, 0.2) is 36.4 Å². The van der Waals surface area contributed by atoms with E-state index in [0.29, 0.717) is 24.8 Å². The first-order valence-electron chi connectivity index (χ1n) is 10.6. The van der Waals surface area contributed by atoms with E-state index in [9.17, 15) is 19.2 Å². The number of Topliss-reactive ketones (excluding diaryl/α,β-unsaturated/α-hetero) is 1. The van der Waals surface area contributed by atoms with Crippen LogP contribution >= 0.6 is 0 Å². The topological polar surface area (TPSA) is 80.8 Å². The number of hydrogen-bond acceptors (Lipinski definition) is 5. The summed E-state index contributed by atoms with van der Waals surface area (Å²) in [5.41, 5.74) is 1.58. The number of ether oxygens (including phenoxy) is 1. The lowest BCUT2D eigenvalue weighted by molar-refractivity contribution is -0.158. The van der Waals surface area contributed by atoms with E-state index in [1.807, 2.05) is 45.1 Å². The molecule has 6 heteroatoms. The van der Waals surface area contributed by atoms with Crippen molar-refractivity contribution in [3.8, 4) is 0 Å². The van der Waals surface area contributed by atoms with Crippen molar-refractivity contribution in [3.63, 3.8) is 0 Å². The van der Waals surface area contributed by atoms with E-state index < -0.39 is 30.5 Å². The molecule has 0 aromatic heterocycles. The highest BCUT2D eigenvalue weighted by atomic mass is 16.5. The number of hydrogen-bond donors (Lipinski definition) is 0. The van der Waals surface area contributed by atoms with Crippen LogP contribution in [0.4, 0.5) is 0 Å². The molecular formula is C24H29NO5. The molecule has 1 aromatic carbocycles. The predicted molar refractivity (Wildman–Crippen MR) is 112 cm³/mol. The first kappa shape index (κ1) is 21.9. The van der Waals surface area contributed by atoms with Gasteiger partial charge in [-0.3, -0.25) is 19.3 Å². The number of benzene rings is 1. The highest BCUT2D eigenvalue weighted by molar-refractivity contribution is 6.08. The van der Waals surface area contributed by atoms with Crippen molar-refractivity contribution < 1.29 is 23.9 Å². The van der Waals surface area contributed by atoms with Crippen LogP contribution in [-0.4, -0.2) is 41.1 Å². The molecule has 0 spiro atoms. The van der Waals surface area contributed by atoms with Crippen LogP contribution in [0.25, 0.3) is 0 Å². The number of imide groups is 1. The number of ketones is 1. The number of fused-ring (bicyclic) bond motifs is 1. The van der Waals surface area contributed by atoms with Gasteiger partial charge in [-0.25, -0.2) is 4.79 Å². The molecule has 0 bridgehead atoms. The number of carbonyl (C=O) groups is 4. The van der Waals surface area contributed by atoms with E-state index in [4.69, 9.17) is 4.74 Å². The second-order valence-electron chi connectivity index (χ2n) is 8.43. The molecule has 3 unspecified atom stereocenters. The van der Waals surface area contributed by atoms with Crippen molar-refractivity contribution in [2.24, 2.45) is 17.8 Å². The van der Waals surface area contributed by atoms with Crippen LogP contribution in [0.3, 0.4) is 0 Å². The van der Waals surface area contributed by atoms with Crippen molar-refractivity contribution in [2.45, 2.75) is 52.5 Å². The molecule has 0 N–H and O–H groups in total. The van der Waals surface area contributed by atoms with Gasteiger partial charge >= 0.3 is 5.97 Å². The van der Waals surface area contributed by atoms with Gasteiger partial charge < -0.3 is 4.74 Å². The Morgan fingerprint density at radius 2 is 1.60 bits per heavy atom. The average Bonchev–Trinajstić information content (AvgIpc) is 3.00. The molecule has 1 heterocycles. The molecule has 3 rings (SSSR count). The second-order valence-corrected chi connectivity index (χ2v) is 8.43. The minimum atomic E-state index is -0.995. The van der Waals surface area contributed by atoms with Crippen molar-refractivity contribution in [3.05, 3.63) is 47.5 Å². The Kier molecular flexibility index (Phi) is 6.85. The lowest BCUT2D eigenvalue weighted by atomic mass is 9.85.